The summed E-state index contributed by atoms with van der Waals surface area (Å²) in [6.07, 6.45) is 1.57. The van der Waals surface area contributed by atoms with Crippen LogP contribution in [-0.2, 0) is 11.3 Å². The van der Waals surface area contributed by atoms with Crippen molar-refractivity contribution < 1.29 is 14.0 Å². The normalized spacial score (nSPS) is 9.64. The second-order valence-electron chi connectivity index (χ2n) is 2.03. The summed E-state index contributed by atoms with van der Waals surface area (Å²) in [5.74, 6) is -0.0382. The highest BCUT2D eigenvalue weighted by Crippen LogP contribution is 2.12. The number of hydrogen-bond donors (Lipinski definition) is 0. The molecule has 0 spiro atoms. The zero-order chi connectivity index (χ0) is 8.27. The third-order valence-electron chi connectivity index (χ3n) is 1.09. The molecule has 60 valence electrons. The summed E-state index contributed by atoms with van der Waals surface area (Å²) in [6, 6.07) is 0. The molecule has 1 amide bonds. The first-order valence-corrected chi connectivity index (χ1v) is 3.31. The molecule has 0 aliphatic rings. The average Bonchev–Trinajstić information content (AvgIpc) is 2.34. The van der Waals surface area contributed by atoms with Gasteiger partial charge in [-0.3, -0.25) is 0 Å². The number of rotatable bonds is 2. The Kier molecular flexibility index (Phi) is 2.20. The second kappa shape index (κ2) is 3.14. The van der Waals surface area contributed by atoms with Crippen LogP contribution >= 0.6 is 0 Å². The van der Waals surface area contributed by atoms with Crippen LogP contribution in [0.15, 0.2) is 10.7 Å². The summed E-state index contributed by atoms with van der Waals surface area (Å²) in [4.78, 5) is 10.4. The van der Waals surface area contributed by atoms with E-state index < -0.39 is 0 Å². The Morgan fingerprint density at radius 2 is 2.64 bits per heavy atom. The Labute approximate surface area is 64.0 Å². The van der Waals surface area contributed by atoms with E-state index >= 15 is 0 Å². The van der Waals surface area contributed by atoms with Crippen LogP contribution in [0.2, 0.25) is 0 Å². The standard InChI is InChI=1S/C6H9N3O2/c1-3-9-4-6(11-8-9)7-5(2)10/h4H,3H2,1-2H3. The number of amides is 1. The van der Waals surface area contributed by atoms with E-state index in [1.807, 2.05) is 6.92 Å². The predicted octanol–water partition coefficient (Wildman–Crippen LogP) is 0.534. The minimum atomic E-state index is -0.288. The molecule has 0 bridgehead atoms. The van der Waals surface area contributed by atoms with Crippen molar-refractivity contribution in [2.45, 2.75) is 20.4 Å². The van der Waals surface area contributed by atoms with Crippen molar-refractivity contribution in [2.24, 2.45) is 0 Å². The first-order valence-electron chi connectivity index (χ1n) is 3.31. The lowest BCUT2D eigenvalue weighted by atomic mass is 10.6. The quantitative estimate of drug-likeness (QED) is 0.585. The van der Waals surface area contributed by atoms with Crippen molar-refractivity contribution >= 4 is 11.8 Å². The van der Waals surface area contributed by atoms with E-state index in [4.69, 9.17) is 4.52 Å². The molecule has 0 unspecified atom stereocenters. The molecule has 0 saturated carbocycles. The van der Waals surface area contributed by atoms with E-state index in [0.29, 0.717) is 6.54 Å². The molecule has 1 aromatic rings. The van der Waals surface area contributed by atoms with E-state index in [1.54, 1.807) is 10.9 Å². The van der Waals surface area contributed by atoms with Crippen molar-refractivity contribution in [1.29, 1.82) is 0 Å². The van der Waals surface area contributed by atoms with Crippen LogP contribution in [0.25, 0.3) is 5.32 Å². The van der Waals surface area contributed by atoms with Crippen LogP contribution in [0.5, 0.6) is 0 Å². The predicted molar refractivity (Wildman–Crippen MR) is 36.1 cm³/mol. The number of aromatic nitrogens is 2. The van der Waals surface area contributed by atoms with Crippen molar-refractivity contribution in [3.8, 4) is 0 Å². The minimum absolute atomic E-state index is 0.249. The van der Waals surface area contributed by atoms with E-state index in [2.05, 4.69) is 10.6 Å². The Bertz CT molecular complexity index is 256. The molecule has 5 heteroatoms. The van der Waals surface area contributed by atoms with Gasteiger partial charge in [0.25, 0.3) is 0 Å². The van der Waals surface area contributed by atoms with Gasteiger partial charge < -0.3 is 14.6 Å². The highest BCUT2D eigenvalue weighted by Gasteiger charge is 2.00. The smallest absolute Gasteiger partial charge is 0.222 e. The zero-order valence-electron chi connectivity index (χ0n) is 6.44. The van der Waals surface area contributed by atoms with E-state index in [9.17, 15) is 4.79 Å². The first-order chi connectivity index (χ1) is 5.22. The van der Waals surface area contributed by atoms with Gasteiger partial charge in [-0.1, -0.05) is 4.68 Å². The molecule has 0 aromatic carbocycles. The van der Waals surface area contributed by atoms with E-state index in [0.717, 1.165) is 0 Å². The van der Waals surface area contributed by atoms with Crippen LogP contribution in [0.3, 0.4) is 0 Å². The Hall–Kier alpha value is -1.39. The van der Waals surface area contributed by atoms with Gasteiger partial charge in [-0.05, 0) is 13.8 Å². The SMILES string of the molecule is CC[n+]1cc([N-]C(C)=O)on1. The van der Waals surface area contributed by atoms with Gasteiger partial charge in [-0.25, -0.2) is 0 Å². The number of carbonyl (C=O) groups excluding carboxylic acids is 1. The molecule has 5 nitrogen and oxygen atoms in total. The Morgan fingerprint density at radius 1 is 1.91 bits per heavy atom. The molecule has 0 N–H and O–H groups in total. The number of carbonyl (C=O) groups is 1. The zero-order valence-corrected chi connectivity index (χ0v) is 6.44. The summed E-state index contributed by atoms with van der Waals surface area (Å²) in [6.45, 7) is 3.98. The number of aryl methyl sites for hydroxylation is 1. The molecule has 1 heterocycles. The lowest BCUT2D eigenvalue weighted by Crippen LogP contribution is -2.32. The van der Waals surface area contributed by atoms with Crippen molar-refractivity contribution in [2.75, 3.05) is 0 Å². The van der Waals surface area contributed by atoms with Crippen LogP contribution in [-0.4, -0.2) is 11.2 Å². The molecular weight excluding hydrogens is 146 g/mol. The molecule has 11 heavy (non-hydrogen) atoms. The van der Waals surface area contributed by atoms with Crippen molar-refractivity contribution in [3.63, 3.8) is 0 Å². The summed E-state index contributed by atoms with van der Waals surface area (Å²) >= 11 is 0. The molecule has 1 rings (SSSR count). The fourth-order valence-electron chi connectivity index (χ4n) is 0.622. The van der Waals surface area contributed by atoms with Crippen molar-refractivity contribution in [1.82, 2.24) is 5.27 Å². The third-order valence-corrected chi connectivity index (χ3v) is 1.09. The highest BCUT2D eigenvalue weighted by atomic mass is 16.5. The molecule has 0 radical (unpaired) electrons. The van der Waals surface area contributed by atoms with Crippen LogP contribution in [0.4, 0.5) is 5.88 Å². The average molecular weight is 155 g/mol. The highest BCUT2D eigenvalue weighted by molar-refractivity contribution is 5.92. The Balaban J connectivity index is 2.65. The molecule has 0 fully saturated rings. The molecule has 0 aliphatic heterocycles. The number of hydrogen-bond acceptors (Lipinski definition) is 3. The van der Waals surface area contributed by atoms with Gasteiger partial charge in [0.05, 0.1) is 5.91 Å². The first kappa shape index (κ1) is 7.71. The lowest BCUT2D eigenvalue weighted by molar-refractivity contribution is -0.759. The maximum absolute atomic E-state index is 10.4. The fourth-order valence-corrected chi connectivity index (χ4v) is 0.622. The van der Waals surface area contributed by atoms with Gasteiger partial charge >= 0.3 is 0 Å². The van der Waals surface area contributed by atoms with Gasteiger partial charge in [-0.2, -0.15) is 0 Å². The van der Waals surface area contributed by atoms with Crippen LogP contribution < -0.4 is 4.68 Å². The molecule has 1 aromatic heterocycles. The second-order valence-corrected chi connectivity index (χ2v) is 2.03. The molecule has 0 atom stereocenters. The largest absolute Gasteiger partial charge is 0.589 e. The van der Waals surface area contributed by atoms with Gasteiger partial charge in [0.1, 0.15) is 5.88 Å². The van der Waals surface area contributed by atoms with E-state index in [-0.39, 0.29) is 11.8 Å². The summed E-state index contributed by atoms with van der Waals surface area (Å²) in [5, 5.41) is 7.12. The number of nitrogens with zero attached hydrogens (tertiary/aromatic N) is 3. The minimum Gasteiger partial charge on any atom is -0.589 e. The third kappa shape index (κ3) is 2.03. The summed E-state index contributed by atoms with van der Waals surface area (Å²) in [5.41, 5.74) is 0. The Morgan fingerprint density at radius 3 is 3.09 bits per heavy atom. The maximum atomic E-state index is 10.4. The van der Waals surface area contributed by atoms with Crippen LogP contribution in [0.1, 0.15) is 13.8 Å². The van der Waals surface area contributed by atoms with Gasteiger partial charge in [0.2, 0.25) is 6.20 Å². The van der Waals surface area contributed by atoms with Gasteiger partial charge in [0.15, 0.2) is 11.8 Å². The maximum Gasteiger partial charge on any atom is 0.222 e. The summed E-state index contributed by atoms with van der Waals surface area (Å²) in [7, 11) is 0. The van der Waals surface area contributed by atoms with Gasteiger partial charge in [-0.15, -0.1) is 0 Å². The summed E-state index contributed by atoms with van der Waals surface area (Å²) < 4.78 is 6.25. The van der Waals surface area contributed by atoms with E-state index in [1.165, 1.54) is 6.92 Å². The lowest BCUT2D eigenvalue weighted by Gasteiger charge is -2.05. The van der Waals surface area contributed by atoms with Crippen molar-refractivity contribution in [3.05, 3.63) is 11.5 Å². The fraction of sp³-hybridized carbons (Fsp3) is 0.500. The topological polar surface area (TPSA) is 61.1 Å². The van der Waals surface area contributed by atoms with Gasteiger partial charge in [0, 0.05) is 0 Å². The molecule has 0 aliphatic carbocycles. The molecular formula is C6H9N3O2. The molecule has 0 saturated heterocycles. The van der Waals surface area contributed by atoms with Crippen LogP contribution in [0, 0.1) is 0 Å². The monoisotopic (exact) mass is 155 g/mol.